The summed E-state index contributed by atoms with van der Waals surface area (Å²) in [6, 6.07) is 0.718. The second kappa shape index (κ2) is 4.44. The van der Waals surface area contributed by atoms with E-state index in [9.17, 15) is 4.79 Å². The minimum absolute atomic E-state index is 0.154. The molecular formula is C10H15N3O2. The average Bonchev–Trinajstić information content (AvgIpc) is 3.04. The molecule has 1 N–H and O–H groups in total. The van der Waals surface area contributed by atoms with Gasteiger partial charge in [0.1, 0.15) is 6.61 Å². The summed E-state index contributed by atoms with van der Waals surface area (Å²) < 4.78 is 5.29. The maximum atomic E-state index is 11.2. The zero-order valence-corrected chi connectivity index (χ0v) is 8.77. The lowest BCUT2D eigenvalue weighted by Gasteiger charge is -2.14. The van der Waals surface area contributed by atoms with Crippen molar-refractivity contribution in [2.45, 2.75) is 18.9 Å². The third-order valence-electron chi connectivity index (χ3n) is 2.53. The second-order valence-electron chi connectivity index (χ2n) is 3.78. The standard InChI is InChI=1S/C10H15N3O2/c1-13(8-2-3-8)6-7-15-10-9(14)11-4-5-12-10/h4-5,8H,2-3,6-7H2,1H3,(H,11,14). The fourth-order valence-corrected chi connectivity index (χ4v) is 1.43. The number of hydrogen-bond acceptors (Lipinski definition) is 4. The molecular weight excluding hydrogens is 194 g/mol. The number of nitrogens with one attached hydrogen (secondary N) is 1. The predicted octanol–water partition coefficient (Wildman–Crippen LogP) is 0.243. The lowest BCUT2D eigenvalue weighted by molar-refractivity contribution is 0.224. The van der Waals surface area contributed by atoms with Crippen LogP contribution in [0, 0.1) is 0 Å². The summed E-state index contributed by atoms with van der Waals surface area (Å²) in [6.45, 7) is 1.34. The van der Waals surface area contributed by atoms with Gasteiger partial charge in [-0.15, -0.1) is 0 Å². The van der Waals surface area contributed by atoms with E-state index in [-0.39, 0.29) is 11.4 Å². The molecule has 0 spiro atoms. The van der Waals surface area contributed by atoms with E-state index in [0.717, 1.165) is 12.6 Å². The van der Waals surface area contributed by atoms with Gasteiger partial charge in [-0.25, -0.2) is 4.98 Å². The van der Waals surface area contributed by atoms with Crippen LogP contribution in [-0.2, 0) is 0 Å². The van der Waals surface area contributed by atoms with Crippen LogP contribution in [0.25, 0.3) is 0 Å². The van der Waals surface area contributed by atoms with Gasteiger partial charge >= 0.3 is 5.56 Å². The Hall–Kier alpha value is -1.36. The van der Waals surface area contributed by atoms with Crippen molar-refractivity contribution >= 4 is 0 Å². The Labute approximate surface area is 88.1 Å². The Morgan fingerprint density at radius 2 is 2.47 bits per heavy atom. The number of H-pyrrole nitrogens is 1. The third kappa shape index (κ3) is 2.79. The molecule has 15 heavy (non-hydrogen) atoms. The van der Waals surface area contributed by atoms with Gasteiger partial charge in [-0.2, -0.15) is 0 Å². The molecule has 1 saturated carbocycles. The van der Waals surface area contributed by atoms with Gasteiger partial charge in [0, 0.05) is 25.0 Å². The van der Waals surface area contributed by atoms with Crippen LogP contribution in [0.5, 0.6) is 5.88 Å². The molecule has 0 amide bonds. The van der Waals surface area contributed by atoms with E-state index in [1.165, 1.54) is 25.2 Å². The molecule has 0 aliphatic heterocycles. The fourth-order valence-electron chi connectivity index (χ4n) is 1.43. The minimum Gasteiger partial charge on any atom is -0.472 e. The van der Waals surface area contributed by atoms with E-state index >= 15 is 0 Å². The van der Waals surface area contributed by atoms with Crippen molar-refractivity contribution in [2.75, 3.05) is 20.2 Å². The number of rotatable bonds is 5. The Morgan fingerprint density at radius 1 is 1.67 bits per heavy atom. The van der Waals surface area contributed by atoms with E-state index in [4.69, 9.17) is 4.74 Å². The quantitative estimate of drug-likeness (QED) is 0.755. The van der Waals surface area contributed by atoms with Gasteiger partial charge in [0.05, 0.1) is 0 Å². The van der Waals surface area contributed by atoms with Crippen LogP contribution < -0.4 is 10.3 Å². The summed E-state index contributed by atoms with van der Waals surface area (Å²) in [5, 5.41) is 0. The number of aromatic amines is 1. The predicted molar refractivity (Wildman–Crippen MR) is 56.0 cm³/mol. The smallest absolute Gasteiger partial charge is 0.310 e. The van der Waals surface area contributed by atoms with Gasteiger partial charge < -0.3 is 14.6 Å². The topological polar surface area (TPSA) is 58.2 Å². The van der Waals surface area contributed by atoms with Crippen molar-refractivity contribution in [1.82, 2.24) is 14.9 Å². The summed E-state index contributed by atoms with van der Waals surface area (Å²) in [7, 11) is 2.07. The fraction of sp³-hybridized carbons (Fsp3) is 0.600. The van der Waals surface area contributed by atoms with E-state index in [2.05, 4.69) is 21.9 Å². The first-order chi connectivity index (χ1) is 7.27. The average molecular weight is 209 g/mol. The van der Waals surface area contributed by atoms with Gasteiger partial charge in [-0.1, -0.05) is 0 Å². The zero-order chi connectivity index (χ0) is 10.7. The number of nitrogens with zero attached hydrogens (tertiary/aromatic N) is 2. The van der Waals surface area contributed by atoms with Crippen LogP contribution in [-0.4, -0.2) is 41.1 Å². The highest BCUT2D eigenvalue weighted by molar-refractivity contribution is 5.02. The Kier molecular flexibility index (Phi) is 3.01. The summed E-state index contributed by atoms with van der Waals surface area (Å²) in [6.07, 6.45) is 5.56. The maximum Gasteiger partial charge on any atom is 0.310 e. The van der Waals surface area contributed by atoms with Gasteiger partial charge in [-0.3, -0.25) is 4.79 Å². The molecule has 5 heteroatoms. The number of ether oxygens (including phenoxy) is 1. The molecule has 82 valence electrons. The molecule has 1 aromatic rings. The van der Waals surface area contributed by atoms with Crippen LogP contribution >= 0.6 is 0 Å². The molecule has 5 nitrogen and oxygen atoms in total. The SMILES string of the molecule is CN(CCOc1ncc[nH]c1=O)C1CC1. The highest BCUT2D eigenvalue weighted by Gasteiger charge is 2.25. The van der Waals surface area contributed by atoms with E-state index in [0.29, 0.717) is 6.61 Å². The molecule has 0 atom stereocenters. The molecule has 0 bridgehead atoms. The summed E-state index contributed by atoms with van der Waals surface area (Å²) >= 11 is 0. The van der Waals surface area contributed by atoms with Gasteiger partial charge in [0.15, 0.2) is 0 Å². The van der Waals surface area contributed by atoms with E-state index in [1.54, 1.807) is 0 Å². The molecule has 1 aliphatic rings. The molecule has 0 radical (unpaired) electrons. The first-order valence-corrected chi connectivity index (χ1v) is 5.14. The molecule has 1 aromatic heterocycles. The van der Waals surface area contributed by atoms with E-state index in [1.807, 2.05) is 0 Å². The van der Waals surface area contributed by atoms with Gasteiger partial charge in [0.25, 0.3) is 5.88 Å². The summed E-state index contributed by atoms with van der Waals surface area (Å²) in [5.74, 6) is 0.154. The normalized spacial score (nSPS) is 15.6. The van der Waals surface area contributed by atoms with Crippen molar-refractivity contribution in [2.24, 2.45) is 0 Å². The maximum absolute atomic E-state index is 11.2. The van der Waals surface area contributed by atoms with Gasteiger partial charge in [0.2, 0.25) is 0 Å². The van der Waals surface area contributed by atoms with Crippen molar-refractivity contribution in [3.05, 3.63) is 22.7 Å². The van der Waals surface area contributed by atoms with Crippen LogP contribution in [0.3, 0.4) is 0 Å². The third-order valence-corrected chi connectivity index (χ3v) is 2.53. The number of likely N-dealkylation sites (N-methyl/N-ethyl adjacent to an activating group) is 1. The Morgan fingerprint density at radius 3 is 3.13 bits per heavy atom. The van der Waals surface area contributed by atoms with Crippen LogP contribution in [0.1, 0.15) is 12.8 Å². The number of aromatic nitrogens is 2. The van der Waals surface area contributed by atoms with Crippen molar-refractivity contribution < 1.29 is 4.74 Å². The second-order valence-corrected chi connectivity index (χ2v) is 3.78. The molecule has 0 unspecified atom stereocenters. The largest absolute Gasteiger partial charge is 0.472 e. The van der Waals surface area contributed by atoms with Crippen LogP contribution in [0.15, 0.2) is 17.2 Å². The molecule has 2 rings (SSSR count). The molecule has 1 fully saturated rings. The molecule has 1 heterocycles. The first-order valence-electron chi connectivity index (χ1n) is 5.14. The van der Waals surface area contributed by atoms with Gasteiger partial charge in [-0.05, 0) is 19.9 Å². The lowest BCUT2D eigenvalue weighted by atomic mass is 10.5. The highest BCUT2D eigenvalue weighted by atomic mass is 16.5. The Bertz CT molecular complexity index is 373. The monoisotopic (exact) mass is 209 g/mol. The zero-order valence-electron chi connectivity index (χ0n) is 8.77. The Balaban J connectivity index is 1.78. The highest BCUT2D eigenvalue weighted by Crippen LogP contribution is 2.24. The number of hydrogen-bond donors (Lipinski definition) is 1. The van der Waals surface area contributed by atoms with Crippen molar-refractivity contribution in [3.8, 4) is 5.88 Å². The molecule has 0 aromatic carbocycles. The molecule has 1 aliphatic carbocycles. The van der Waals surface area contributed by atoms with Crippen LogP contribution in [0.2, 0.25) is 0 Å². The lowest BCUT2D eigenvalue weighted by Crippen LogP contribution is -2.27. The minimum atomic E-state index is -0.272. The van der Waals surface area contributed by atoms with Crippen molar-refractivity contribution in [1.29, 1.82) is 0 Å². The molecule has 0 saturated heterocycles. The first kappa shape index (κ1) is 10.2. The van der Waals surface area contributed by atoms with Crippen molar-refractivity contribution in [3.63, 3.8) is 0 Å². The summed E-state index contributed by atoms with van der Waals surface area (Å²) in [4.78, 5) is 19.8. The van der Waals surface area contributed by atoms with E-state index < -0.39 is 0 Å². The van der Waals surface area contributed by atoms with Crippen LogP contribution in [0.4, 0.5) is 0 Å². The summed E-state index contributed by atoms with van der Waals surface area (Å²) in [5.41, 5.74) is -0.272.